The first-order chi connectivity index (χ1) is 14.6. The van der Waals surface area contributed by atoms with Gasteiger partial charge in [0.1, 0.15) is 10.7 Å². The molecule has 4 rings (SSSR count). The third-order valence-corrected chi connectivity index (χ3v) is 6.27. The fraction of sp³-hybridized carbons (Fsp3) is 0.409. The highest BCUT2D eigenvalue weighted by Crippen LogP contribution is 2.36. The van der Waals surface area contributed by atoms with Crippen LogP contribution in [0.3, 0.4) is 0 Å². The van der Waals surface area contributed by atoms with E-state index < -0.39 is 0 Å². The fourth-order valence-corrected chi connectivity index (χ4v) is 4.74. The maximum absolute atomic E-state index is 12.8. The molecule has 0 spiro atoms. The number of hydrogen-bond donors (Lipinski definition) is 2. The van der Waals surface area contributed by atoms with Crippen LogP contribution in [0.5, 0.6) is 0 Å². The van der Waals surface area contributed by atoms with Crippen LogP contribution in [0.2, 0.25) is 0 Å². The molecule has 2 aliphatic rings. The van der Waals surface area contributed by atoms with Crippen molar-refractivity contribution in [1.82, 2.24) is 10.3 Å². The van der Waals surface area contributed by atoms with Crippen LogP contribution in [0, 0.1) is 0 Å². The van der Waals surface area contributed by atoms with Gasteiger partial charge in [0.15, 0.2) is 0 Å². The maximum atomic E-state index is 12.8. The van der Waals surface area contributed by atoms with Gasteiger partial charge < -0.3 is 5.32 Å². The lowest BCUT2D eigenvalue weighted by molar-refractivity contribution is -0.116. The first-order valence-corrected chi connectivity index (χ1v) is 11.4. The van der Waals surface area contributed by atoms with Crippen molar-refractivity contribution in [3.05, 3.63) is 46.2 Å². The molecule has 30 heavy (non-hydrogen) atoms. The molecular weight excluding hydrogens is 398 g/mol. The molecule has 1 aromatic heterocycles. The standard InChI is InChI=1S/C22H27N5O2S/c1-3-12-26-21(29)20-17(11-13-30-20)27-18(24-25-22(26)27)9-6-10-19(28)23-16-8-5-7-15(4-2)14-16/h5,7-8,11,13-14,22,25H,3-4,6,9-10,12H2,1-2H3,(H,23,28). The van der Waals surface area contributed by atoms with Gasteiger partial charge in [0, 0.05) is 25.1 Å². The Labute approximate surface area is 180 Å². The van der Waals surface area contributed by atoms with E-state index in [1.165, 1.54) is 16.9 Å². The number of amides is 2. The van der Waals surface area contributed by atoms with Crippen molar-refractivity contribution in [2.75, 3.05) is 16.8 Å². The molecule has 2 N–H and O–H groups in total. The molecule has 8 heteroatoms. The van der Waals surface area contributed by atoms with E-state index in [0.29, 0.717) is 25.8 Å². The van der Waals surface area contributed by atoms with E-state index >= 15 is 0 Å². The van der Waals surface area contributed by atoms with Crippen LogP contribution < -0.4 is 15.6 Å². The Hall–Kier alpha value is -2.87. The number of nitrogens with one attached hydrogen (secondary N) is 2. The highest BCUT2D eigenvalue weighted by Gasteiger charge is 2.42. The molecular formula is C22H27N5O2S. The van der Waals surface area contributed by atoms with Crippen LogP contribution in [0.25, 0.3) is 0 Å². The lowest BCUT2D eigenvalue weighted by atomic mass is 10.1. The van der Waals surface area contributed by atoms with Gasteiger partial charge in [0.2, 0.25) is 12.2 Å². The van der Waals surface area contributed by atoms with Crippen LogP contribution in [0.4, 0.5) is 11.4 Å². The predicted octanol–water partition coefficient (Wildman–Crippen LogP) is 3.99. The second-order valence-corrected chi connectivity index (χ2v) is 8.41. The van der Waals surface area contributed by atoms with Crippen LogP contribution in [-0.4, -0.2) is 35.4 Å². The molecule has 1 atom stereocenters. The van der Waals surface area contributed by atoms with Crippen molar-refractivity contribution in [2.24, 2.45) is 5.10 Å². The van der Waals surface area contributed by atoms with Crippen molar-refractivity contribution < 1.29 is 9.59 Å². The van der Waals surface area contributed by atoms with E-state index in [0.717, 1.165) is 34.9 Å². The number of carbonyl (C=O) groups excluding carboxylic acids is 2. The molecule has 1 unspecified atom stereocenters. The monoisotopic (exact) mass is 425 g/mol. The number of benzene rings is 1. The quantitative estimate of drug-likeness (QED) is 0.670. The first-order valence-electron chi connectivity index (χ1n) is 10.5. The van der Waals surface area contributed by atoms with E-state index in [1.54, 1.807) is 0 Å². The molecule has 7 nitrogen and oxygen atoms in total. The minimum atomic E-state index is -0.278. The van der Waals surface area contributed by atoms with Gasteiger partial charge in [0.05, 0.1) is 5.69 Å². The lowest BCUT2D eigenvalue weighted by Crippen LogP contribution is -2.58. The van der Waals surface area contributed by atoms with Gasteiger partial charge in [-0.1, -0.05) is 26.0 Å². The Morgan fingerprint density at radius 1 is 1.30 bits per heavy atom. The molecule has 0 bridgehead atoms. The summed E-state index contributed by atoms with van der Waals surface area (Å²) in [4.78, 5) is 29.9. The smallest absolute Gasteiger partial charge is 0.269 e. The second kappa shape index (κ2) is 8.87. The topological polar surface area (TPSA) is 77.0 Å². The highest BCUT2D eigenvalue weighted by molar-refractivity contribution is 7.12. The molecule has 158 valence electrons. The van der Waals surface area contributed by atoms with Crippen LogP contribution in [-0.2, 0) is 11.2 Å². The minimum absolute atomic E-state index is 0.00372. The summed E-state index contributed by atoms with van der Waals surface area (Å²) in [6.07, 6.45) is 3.31. The van der Waals surface area contributed by atoms with E-state index in [9.17, 15) is 9.59 Å². The van der Waals surface area contributed by atoms with Crippen molar-refractivity contribution in [1.29, 1.82) is 0 Å². The van der Waals surface area contributed by atoms with Gasteiger partial charge in [-0.3, -0.25) is 24.8 Å². The fourth-order valence-electron chi connectivity index (χ4n) is 3.90. The summed E-state index contributed by atoms with van der Waals surface area (Å²) in [5, 5.41) is 9.43. The first kappa shape index (κ1) is 20.4. The SMILES string of the molecule is CCCN1C(=O)c2sccc2N2C(CCCC(=O)Nc3cccc(CC)c3)=NNC12. The summed E-state index contributed by atoms with van der Waals surface area (Å²) in [6.45, 7) is 4.83. The summed E-state index contributed by atoms with van der Waals surface area (Å²) in [7, 11) is 0. The zero-order chi connectivity index (χ0) is 21.1. The number of rotatable bonds is 8. The number of amidine groups is 1. The largest absolute Gasteiger partial charge is 0.326 e. The molecule has 2 aliphatic heterocycles. The van der Waals surface area contributed by atoms with Gasteiger partial charge in [-0.2, -0.15) is 5.10 Å². The zero-order valence-electron chi connectivity index (χ0n) is 17.4. The summed E-state index contributed by atoms with van der Waals surface area (Å²) < 4.78 is 0. The van der Waals surface area contributed by atoms with Crippen molar-refractivity contribution in [3.8, 4) is 0 Å². The Balaban J connectivity index is 1.37. The van der Waals surface area contributed by atoms with E-state index in [1.807, 2.05) is 34.5 Å². The highest BCUT2D eigenvalue weighted by atomic mass is 32.1. The molecule has 3 heterocycles. The van der Waals surface area contributed by atoms with E-state index in [-0.39, 0.29) is 18.1 Å². The molecule has 0 radical (unpaired) electrons. The normalized spacial score (nSPS) is 17.3. The second-order valence-electron chi connectivity index (χ2n) is 7.49. The molecule has 1 aromatic carbocycles. The summed E-state index contributed by atoms with van der Waals surface area (Å²) in [5.41, 5.74) is 6.07. The number of nitrogens with zero attached hydrogens (tertiary/aromatic N) is 3. The number of hydrazone groups is 1. The van der Waals surface area contributed by atoms with Crippen LogP contribution in [0.1, 0.15) is 54.8 Å². The summed E-state index contributed by atoms with van der Waals surface area (Å²) in [5.74, 6) is 0.929. The average Bonchev–Trinajstić information content (AvgIpc) is 3.38. The molecule has 0 aliphatic carbocycles. The van der Waals surface area contributed by atoms with Crippen LogP contribution in [0.15, 0.2) is 40.8 Å². The number of anilines is 2. The van der Waals surface area contributed by atoms with Gasteiger partial charge in [-0.25, -0.2) is 0 Å². The van der Waals surface area contributed by atoms with Gasteiger partial charge in [-0.05, 0) is 48.4 Å². The van der Waals surface area contributed by atoms with Gasteiger partial charge in [0.25, 0.3) is 5.91 Å². The summed E-state index contributed by atoms with van der Waals surface area (Å²) in [6, 6.07) is 9.92. The lowest BCUT2D eigenvalue weighted by Gasteiger charge is -2.39. The average molecular weight is 426 g/mol. The van der Waals surface area contributed by atoms with Gasteiger partial charge >= 0.3 is 0 Å². The third kappa shape index (κ3) is 3.92. The molecule has 0 saturated carbocycles. The molecule has 0 saturated heterocycles. The molecule has 2 amide bonds. The number of aryl methyl sites for hydroxylation is 1. The van der Waals surface area contributed by atoms with E-state index in [2.05, 4.69) is 40.7 Å². The minimum Gasteiger partial charge on any atom is -0.326 e. The third-order valence-electron chi connectivity index (χ3n) is 5.37. The Morgan fingerprint density at radius 3 is 2.97 bits per heavy atom. The number of carbonyl (C=O) groups is 2. The molecule has 2 aromatic rings. The Morgan fingerprint density at radius 2 is 2.17 bits per heavy atom. The Bertz CT molecular complexity index is 970. The zero-order valence-corrected chi connectivity index (χ0v) is 18.2. The van der Waals surface area contributed by atoms with E-state index in [4.69, 9.17) is 0 Å². The number of fused-ring (bicyclic) bond motifs is 3. The van der Waals surface area contributed by atoms with Crippen molar-refractivity contribution >= 4 is 40.4 Å². The Kier molecular flexibility index (Phi) is 6.03. The molecule has 0 fully saturated rings. The predicted molar refractivity (Wildman–Crippen MR) is 121 cm³/mol. The van der Waals surface area contributed by atoms with Crippen LogP contribution >= 0.6 is 11.3 Å². The summed E-state index contributed by atoms with van der Waals surface area (Å²) >= 11 is 1.47. The van der Waals surface area contributed by atoms with Crippen molar-refractivity contribution in [2.45, 2.75) is 52.2 Å². The number of hydrogen-bond acceptors (Lipinski definition) is 6. The van der Waals surface area contributed by atoms with Crippen molar-refractivity contribution in [3.63, 3.8) is 0 Å². The number of thiophene rings is 1. The van der Waals surface area contributed by atoms with Gasteiger partial charge in [-0.15, -0.1) is 11.3 Å². The maximum Gasteiger partial charge on any atom is 0.269 e.